The van der Waals surface area contributed by atoms with Crippen LogP contribution in [0.1, 0.15) is 21.5 Å². The maximum absolute atomic E-state index is 12.9. The zero-order valence-corrected chi connectivity index (χ0v) is 15.9. The average Bonchev–Trinajstić information content (AvgIpc) is 2.75. The van der Waals surface area contributed by atoms with Gasteiger partial charge in [-0.25, -0.2) is 4.79 Å². The molecular weight excluding hydrogens is 409 g/mol. The first-order chi connectivity index (χ1) is 14.8. The molecule has 31 heavy (non-hydrogen) atoms. The van der Waals surface area contributed by atoms with Crippen LogP contribution < -0.4 is 5.43 Å². The maximum atomic E-state index is 12.9. The number of aromatic nitrogens is 2. The van der Waals surface area contributed by atoms with Gasteiger partial charge in [0, 0.05) is 18.9 Å². The Hall–Kier alpha value is -3.94. The number of fused-ring (bicyclic) bond motifs is 1. The molecule has 0 bridgehead atoms. The third-order valence-corrected chi connectivity index (χ3v) is 4.95. The lowest BCUT2D eigenvalue weighted by Crippen LogP contribution is -2.20. The zero-order valence-electron chi connectivity index (χ0n) is 15.9. The van der Waals surface area contributed by atoms with Crippen molar-refractivity contribution in [3.05, 3.63) is 100.0 Å². The fourth-order valence-electron chi connectivity index (χ4n) is 3.46. The molecule has 2 aromatic carbocycles. The largest absolute Gasteiger partial charge is 0.477 e. The quantitative estimate of drug-likeness (QED) is 0.510. The molecule has 2 heterocycles. The van der Waals surface area contributed by atoms with Gasteiger partial charge in [-0.3, -0.25) is 9.78 Å². The highest BCUT2D eigenvalue weighted by molar-refractivity contribution is 5.91. The van der Waals surface area contributed by atoms with Gasteiger partial charge in [0.15, 0.2) is 0 Å². The third-order valence-electron chi connectivity index (χ3n) is 4.95. The molecule has 2 aromatic heterocycles. The fourth-order valence-corrected chi connectivity index (χ4v) is 3.46. The molecule has 0 saturated heterocycles. The van der Waals surface area contributed by atoms with Crippen LogP contribution in [0.2, 0.25) is 0 Å². The Morgan fingerprint density at radius 1 is 1.00 bits per heavy atom. The summed E-state index contributed by atoms with van der Waals surface area (Å²) in [4.78, 5) is 28.0. The Balaban J connectivity index is 1.82. The molecule has 1 N–H and O–H groups in total. The number of halogens is 3. The van der Waals surface area contributed by atoms with Gasteiger partial charge in [-0.2, -0.15) is 13.2 Å². The van der Waals surface area contributed by atoms with Crippen LogP contribution in [0.3, 0.4) is 0 Å². The number of nitrogens with zero attached hydrogens (tertiary/aromatic N) is 2. The second-order valence-corrected chi connectivity index (χ2v) is 6.91. The summed E-state index contributed by atoms with van der Waals surface area (Å²) < 4.78 is 40.3. The summed E-state index contributed by atoms with van der Waals surface area (Å²) >= 11 is 0. The molecule has 0 spiro atoms. The van der Waals surface area contributed by atoms with Crippen LogP contribution in [-0.4, -0.2) is 20.6 Å². The van der Waals surface area contributed by atoms with Crippen molar-refractivity contribution in [2.75, 3.05) is 0 Å². The Morgan fingerprint density at radius 3 is 2.39 bits per heavy atom. The summed E-state index contributed by atoms with van der Waals surface area (Å²) in [5.41, 5.74) is 0.710. The van der Waals surface area contributed by atoms with E-state index in [0.717, 1.165) is 17.7 Å². The van der Waals surface area contributed by atoms with E-state index in [-0.39, 0.29) is 12.1 Å². The predicted molar refractivity (Wildman–Crippen MR) is 109 cm³/mol. The molecular formula is C23H15F3N2O3. The molecule has 5 nitrogen and oxygen atoms in total. The van der Waals surface area contributed by atoms with E-state index in [1.165, 1.54) is 24.5 Å². The standard InChI is InChI=1S/C23H15F3N2O3/c24-23(25,26)16-9-7-14(8-10-16)17-5-2-1-4-15(17)12-28-13-18(22(30)31)21(29)20-19(28)6-3-11-27-20/h1-11,13H,12H2,(H,30,31). The normalized spacial score (nSPS) is 11.6. The van der Waals surface area contributed by atoms with Crippen LogP contribution in [0.5, 0.6) is 0 Å². The molecule has 0 radical (unpaired) electrons. The third kappa shape index (κ3) is 3.92. The number of pyridine rings is 2. The van der Waals surface area contributed by atoms with Gasteiger partial charge in [0.25, 0.3) is 0 Å². The molecule has 0 atom stereocenters. The van der Waals surface area contributed by atoms with E-state index in [0.29, 0.717) is 16.6 Å². The fraction of sp³-hybridized carbons (Fsp3) is 0.0870. The minimum absolute atomic E-state index is 0.0365. The first-order valence-corrected chi connectivity index (χ1v) is 9.22. The van der Waals surface area contributed by atoms with E-state index >= 15 is 0 Å². The lowest BCUT2D eigenvalue weighted by Gasteiger charge is -2.15. The van der Waals surface area contributed by atoms with E-state index in [9.17, 15) is 27.9 Å². The highest BCUT2D eigenvalue weighted by Gasteiger charge is 2.30. The topological polar surface area (TPSA) is 72.2 Å². The Kier molecular flexibility index (Phi) is 5.06. The number of carboxylic acid groups (broad SMARTS) is 1. The lowest BCUT2D eigenvalue weighted by molar-refractivity contribution is -0.137. The van der Waals surface area contributed by atoms with Gasteiger partial charge in [0.2, 0.25) is 5.43 Å². The lowest BCUT2D eigenvalue weighted by atomic mass is 9.98. The number of aromatic carboxylic acids is 1. The second kappa shape index (κ2) is 7.71. The van der Waals surface area contributed by atoms with Crippen LogP contribution in [0.15, 0.2) is 77.9 Å². The van der Waals surface area contributed by atoms with Gasteiger partial charge in [-0.15, -0.1) is 0 Å². The van der Waals surface area contributed by atoms with Crippen LogP contribution in [0.4, 0.5) is 13.2 Å². The molecule has 0 amide bonds. The number of benzene rings is 2. The van der Waals surface area contributed by atoms with Crippen molar-refractivity contribution in [1.29, 1.82) is 0 Å². The van der Waals surface area contributed by atoms with Crippen molar-refractivity contribution in [3.63, 3.8) is 0 Å². The summed E-state index contributed by atoms with van der Waals surface area (Å²) in [7, 11) is 0. The van der Waals surface area contributed by atoms with Crippen LogP contribution >= 0.6 is 0 Å². The van der Waals surface area contributed by atoms with E-state index in [2.05, 4.69) is 4.98 Å². The first-order valence-electron chi connectivity index (χ1n) is 9.22. The SMILES string of the molecule is O=C(O)c1cn(Cc2ccccc2-c2ccc(C(F)(F)F)cc2)c2cccnc2c1=O. The number of carboxylic acids is 1. The average molecular weight is 424 g/mol. The molecule has 4 rings (SSSR count). The van der Waals surface area contributed by atoms with Crippen molar-refractivity contribution < 1.29 is 23.1 Å². The van der Waals surface area contributed by atoms with Gasteiger partial charge in [0.05, 0.1) is 11.1 Å². The summed E-state index contributed by atoms with van der Waals surface area (Å²) in [6.45, 7) is 0.194. The van der Waals surface area contributed by atoms with Gasteiger partial charge in [0.1, 0.15) is 11.1 Å². The van der Waals surface area contributed by atoms with E-state index in [1.807, 2.05) is 0 Å². The molecule has 156 valence electrons. The highest BCUT2D eigenvalue weighted by atomic mass is 19.4. The van der Waals surface area contributed by atoms with E-state index < -0.39 is 28.7 Å². The van der Waals surface area contributed by atoms with Crippen LogP contribution in [0, 0.1) is 0 Å². The second-order valence-electron chi connectivity index (χ2n) is 6.91. The van der Waals surface area contributed by atoms with Gasteiger partial charge in [-0.1, -0.05) is 36.4 Å². The molecule has 0 fully saturated rings. The summed E-state index contributed by atoms with van der Waals surface area (Å²) in [6.07, 6.45) is -1.75. The number of hydrogen-bond acceptors (Lipinski definition) is 3. The van der Waals surface area contributed by atoms with E-state index in [1.54, 1.807) is 41.0 Å². The monoisotopic (exact) mass is 424 g/mol. The summed E-state index contributed by atoms with van der Waals surface area (Å²) in [5.74, 6) is -1.36. The summed E-state index contributed by atoms with van der Waals surface area (Å²) in [5, 5.41) is 9.41. The van der Waals surface area contributed by atoms with Gasteiger partial charge in [-0.05, 0) is 41.0 Å². The van der Waals surface area contributed by atoms with Crippen molar-refractivity contribution in [1.82, 2.24) is 9.55 Å². The Morgan fingerprint density at radius 2 is 1.71 bits per heavy atom. The van der Waals surface area contributed by atoms with Crippen LogP contribution in [-0.2, 0) is 12.7 Å². The van der Waals surface area contributed by atoms with Crippen molar-refractivity contribution in [2.45, 2.75) is 12.7 Å². The number of rotatable bonds is 4. The Bertz CT molecular complexity index is 1340. The molecule has 0 saturated carbocycles. The highest BCUT2D eigenvalue weighted by Crippen LogP contribution is 2.32. The Labute approximate surface area is 174 Å². The number of carbonyl (C=O) groups is 1. The summed E-state index contributed by atoms with van der Waals surface area (Å²) in [6, 6.07) is 15.3. The molecule has 0 unspecified atom stereocenters. The number of alkyl halides is 3. The van der Waals surface area contributed by atoms with Crippen molar-refractivity contribution in [2.24, 2.45) is 0 Å². The van der Waals surface area contributed by atoms with Crippen molar-refractivity contribution in [3.8, 4) is 11.1 Å². The van der Waals surface area contributed by atoms with Gasteiger partial charge >= 0.3 is 12.1 Å². The van der Waals surface area contributed by atoms with Crippen molar-refractivity contribution >= 4 is 17.0 Å². The van der Waals surface area contributed by atoms with Gasteiger partial charge < -0.3 is 9.67 Å². The predicted octanol–water partition coefficient (Wildman–Crippen LogP) is 4.83. The van der Waals surface area contributed by atoms with Crippen LogP contribution in [0.25, 0.3) is 22.2 Å². The first kappa shape index (κ1) is 20.3. The molecule has 0 aliphatic heterocycles. The molecule has 8 heteroatoms. The number of hydrogen-bond donors (Lipinski definition) is 1. The smallest absolute Gasteiger partial charge is 0.416 e. The van der Waals surface area contributed by atoms with E-state index in [4.69, 9.17) is 0 Å². The molecule has 4 aromatic rings. The zero-order chi connectivity index (χ0) is 22.2. The maximum Gasteiger partial charge on any atom is 0.416 e. The molecule has 0 aliphatic rings. The minimum Gasteiger partial charge on any atom is -0.477 e. The minimum atomic E-state index is -4.42. The molecule has 0 aliphatic carbocycles.